The van der Waals surface area contributed by atoms with Crippen molar-refractivity contribution >= 4 is 40.8 Å². The number of likely N-dealkylation sites (tertiary alicyclic amines) is 2. The number of halogens is 1. The Morgan fingerprint density at radius 1 is 1.14 bits per heavy atom. The van der Waals surface area contributed by atoms with Gasteiger partial charge in [-0.25, -0.2) is 9.37 Å². The van der Waals surface area contributed by atoms with Gasteiger partial charge in [-0.2, -0.15) is 0 Å². The molecule has 1 aliphatic carbocycles. The molecule has 11 nitrogen and oxygen atoms in total. The highest BCUT2D eigenvalue weighted by molar-refractivity contribution is 7.99. The zero-order valence-corrected chi connectivity index (χ0v) is 35.3. The molecule has 57 heavy (non-hydrogen) atoms. The molecule has 3 fully saturated rings. The van der Waals surface area contributed by atoms with Crippen LogP contribution in [0.1, 0.15) is 77.0 Å². The SMILES string of the molecule is Cc1ncsc1-c1ccc(CNC(=O)[C@@H]2C[C@@H](O)CN2C(=O)C(NC(=O)C2(F)CC2)C(C)(C)C)c(OCCC2CCN(CCC(N)CSc3ccccc3)CC2)c1. The predicted molar refractivity (Wildman–Crippen MR) is 224 cm³/mol. The zero-order valence-electron chi connectivity index (χ0n) is 33.7. The highest BCUT2D eigenvalue weighted by Crippen LogP contribution is 2.40. The van der Waals surface area contributed by atoms with Crippen LogP contribution in [0.25, 0.3) is 10.4 Å². The Bertz CT molecular complexity index is 1830. The van der Waals surface area contributed by atoms with E-state index in [-0.39, 0.29) is 38.4 Å². The van der Waals surface area contributed by atoms with Gasteiger partial charge >= 0.3 is 0 Å². The topological polar surface area (TPSA) is 150 Å². The minimum atomic E-state index is -1.95. The van der Waals surface area contributed by atoms with Crippen LogP contribution in [0, 0.1) is 18.3 Å². The molecule has 6 rings (SSSR count). The quantitative estimate of drug-likeness (QED) is 0.126. The molecule has 3 heterocycles. The number of aryl methyl sites for hydroxylation is 1. The second kappa shape index (κ2) is 19.0. The molecule has 2 unspecified atom stereocenters. The first-order chi connectivity index (χ1) is 27.2. The van der Waals surface area contributed by atoms with E-state index in [1.165, 1.54) is 9.80 Å². The lowest BCUT2D eigenvalue weighted by molar-refractivity contribution is -0.145. The van der Waals surface area contributed by atoms with Gasteiger partial charge in [0.05, 0.1) is 28.8 Å². The molecule has 3 aromatic rings. The molecule has 2 saturated heterocycles. The van der Waals surface area contributed by atoms with Crippen molar-refractivity contribution in [2.24, 2.45) is 17.1 Å². The molecule has 5 N–H and O–H groups in total. The third-order valence-corrected chi connectivity index (χ3v) is 13.6. The standard InChI is InChI=1S/C43H59FN6O5S2/c1-28-37(57-27-47-28)30-10-11-31(24-46-39(52)35-23-33(51)25-50(35)40(53)38(42(2,3)4)48-41(54)43(44)16-17-43)36(22-30)55-21-15-29-12-18-49(19-13-29)20-14-32(45)26-56-34-8-6-5-7-9-34/h5-11,22,27,29,32-33,35,38,51H,12-21,23-26,45H2,1-4H3,(H,46,52)(H,48,54)/t32?,33-,35+,38?/m1/s1. The third kappa shape index (κ3) is 11.6. The Balaban J connectivity index is 1.03. The summed E-state index contributed by atoms with van der Waals surface area (Å²) >= 11 is 3.38. The summed E-state index contributed by atoms with van der Waals surface area (Å²) in [5, 5.41) is 16.2. The van der Waals surface area contributed by atoms with E-state index in [1.54, 1.807) is 32.1 Å². The molecule has 1 saturated carbocycles. The normalized spacial score (nSPS) is 20.9. The minimum absolute atomic E-state index is 0.0569. The molecular formula is C43H59FN6O5S2. The average Bonchev–Trinajstić information content (AvgIpc) is 3.60. The van der Waals surface area contributed by atoms with Gasteiger partial charge in [-0.3, -0.25) is 14.4 Å². The summed E-state index contributed by atoms with van der Waals surface area (Å²) in [4.78, 5) is 50.9. The lowest BCUT2D eigenvalue weighted by Crippen LogP contribution is -2.59. The van der Waals surface area contributed by atoms with Gasteiger partial charge in [0.2, 0.25) is 11.8 Å². The average molecular weight is 823 g/mol. The molecule has 0 bridgehead atoms. The van der Waals surface area contributed by atoms with Crippen molar-refractivity contribution in [2.75, 3.05) is 38.5 Å². The van der Waals surface area contributed by atoms with E-state index < -0.39 is 47.0 Å². The first-order valence-corrected chi connectivity index (χ1v) is 22.1. The second-order valence-corrected chi connectivity index (χ2v) is 19.0. The highest BCUT2D eigenvalue weighted by atomic mass is 32.2. The number of thioether (sulfide) groups is 1. The molecule has 4 atom stereocenters. The number of alkyl halides is 1. The van der Waals surface area contributed by atoms with Crippen LogP contribution in [-0.2, 0) is 20.9 Å². The van der Waals surface area contributed by atoms with Gasteiger partial charge in [0, 0.05) is 41.8 Å². The number of aromatic nitrogens is 1. The molecule has 2 aliphatic heterocycles. The maximum atomic E-state index is 14.6. The van der Waals surface area contributed by atoms with Gasteiger partial charge in [-0.15, -0.1) is 23.1 Å². The van der Waals surface area contributed by atoms with Gasteiger partial charge in [0.1, 0.15) is 17.8 Å². The summed E-state index contributed by atoms with van der Waals surface area (Å²) in [5.41, 5.74) is 8.28. The summed E-state index contributed by atoms with van der Waals surface area (Å²) in [6.07, 6.45) is 3.51. The maximum absolute atomic E-state index is 14.6. The number of amides is 3. The maximum Gasteiger partial charge on any atom is 0.258 e. The van der Waals surface area contributed by atoms with E-state index in [9.17, 15) is 23.9 Å². The summed E-state index contributed by atoms with van der Waals surface area (Å²) in [6.45, 7) is 11.1. The van der Waals surface area contributed by atoms with Crippen molar-refractivity contribution in [1.82, 2.24) is 25.4 Å². The van der Waals surface area contributed by atoms with Crippen LogP contribution in [0.5, 0.6) is 5.75 Å². The van der Waals surface area contributed by atoms with E-state index in [4.69, 9.17) is 10.5 Å². The summed E-state index contributed by atoms with van der Waals surface area (Å²) in [5.74, 6) is 0.401. The Hall–Kier alpha value is -3.56. The van der Waals surface area contributed by atoms with Crippen molar-refractivity contribution in [3.05, 3.63) is 65.3 Å². The Morgan fingerprint density at radius 2 is 1.88 bits per heavy atom. The number of benzene rings is 2. The number of aliphatic hydroxyl groups is 1. The number of aliphatic hydroxyl groups excluding tert-OH is 1. The Kier molecular flexibility index (Phi) is 14.3. The van der Waals surface area contributed by atoms with E-state index >= 15 is 0 Å². The number of hydrogen-bond acceptors (Lipinski definition) is 10. The molecule has 3 amide bonds. The molecule has 3 aliphatic rings. The summed E-state index contributed by atoms with van der Waals surface area (Å²) < 4.78 is 21.1. The number of rotatable bonds is 17. The van der Waals surface area contributed by atoms with E-state index in [1.807, 2.05) is 48.5 Å². The number of piperidine rings is 1. The van der Waals surface area contributed by atoms with Crippen LogP contribution in [0.15, 0.2) is 58.9 Å². The number of carbonyl (C=O) groups is 3. The highest BCUT2D eigenvalue weighted by Gasteiger charge is 2.53. The van der Waals surface area contributed by atoms with Crippen LogP contribution < -0.4 is 21.1 Å². The van der Waals surface area contributed by atoms with Crippen molar-refractivity contribution in [3.63, 3.8) is 0 Å². The fraction of sp³-hybridized carbons (Fsp3) is 0.581. The number of nitrogens with one attached hydrogen (secondary N) is 2. The number of hydrogen-bond donors (Lipinski definition) is 4. The zero-order chi connectivity index (χ0) is 40.7. The van der Waals surface area contributed by atoms with Crippen LogP contribution in [0.3, 0.4) is 0 Å². The first-order valence-electron chi connectivity index (χ1n) is 20.3. The van der Waals surface area contributed by atoms with Crippen molar-refractivity contribution in [1.29, 1.82) is 0 Å². The summed E-state index contributed by atoms with van der Waals surface area (Å²) in [7, 11) is 0. The van der Waals surface area contributed by atoms with Crippen molar-refractivity contribution < 1.29 is 28.6 Å². The second-order valence-electron chi connectivity index (χ2n) is 17.0. The Morgan fingerprint density at radius 3 is 2.54 bits per heavy atom. The van der Waals surface area contributed by atoms with Crippen LogP contribution in [0.2, 0.25) is 0 Å². The lowest BCUT2D eigenvalue weighted by atomic mass is 9.85. The fourth-order valence-electron chi connectivity index (χ4n) is 7.56. The van der Waals surface area contributed by atoms with Crippen LogP contribution >= 0.6 is 23.1 Å². The Labute approximate surface area is 344 Å². The van der Waals surface area contributed by atoms with Gasteiger partial charge < -0.3 is 36.0 Å². The van der Waals surface area contributed by atoms with Crippen molar-refractivity contribution in [2.45, 2.75) is 114 Å². The predicted octanol–water partition coefficient (Wildman–Crippen LogP) is 5.72. The van der Waals surface area contributed by atoms with Gasteiger partial charge in [0.15, 0.2) is 5.67 Å². The number of thiazole rings is 1. The van der Waals surface area contributed by atoms with E-state index in [0.29, 0.717) is 18.3 Å². The third-order valence-electron chi connectivity index (χ3n) is 11.4. The molecule has 0 spiro atoms. The number of nitrogens with two attached hydrogens (primary N) is 1. The molecule has 14 heteroatoms. The lowest BCUT2D eigenvalue weighted by Gasteiger charge is -2.35. The molecular weight excluding hydrogens is 764 g/mol. The van der Waals surface area contributed by atoms with Crippen LogP contribution in [-0.4, -0.2) is 106 Å². The van der Waals surface area contributed by atoms with E-state index in [0.717, 1.165) is 72.8 Å². The fourth-order valence-corrected chi connectivity index (χ4v) is 9.28. The first kappa shape index (κ1) is 43.0. The molecule has 0 radical (unpaired) electrons. The van der Waals surface area contributed by atoms with Gasteiger partial charge in [-0.05, 0) is 100 Å². The van der Waals surface area contributed by atoms with Gasteiger partial charge in [0.25, 0.3) is 5.91 Å². The van der Waals surface area contributed by atoms with Gasteiger partial charge in [-0.1, -0.05) is 51.1 Å². The van der Waals surface area contributed by atoms with E-state index in [2.05, 4.69) is 44.8 Å². The number of carbonyl (C=O) groups excluding carboxylic acids is 3. The minimum Gasteiger partial charge on any atom is -0.493 e. The smallest absolute Gasteiger partial charge is 0.258 e. The van der Waals surface area contributed by atoms with Crippen LogP contribution in [0.4, 0.5) is 4.39 Å². The summed E-state index contributed by atoms with van der Waals surface area (Å²) in [6, 6.07) is 14.5. The number of nitrogens with zero attached hydrogens (tertiary/aromatic N) is 3. The molecule has 310 valence electrons. The van der Waals surface area contributed by atoms with Crippen molar-refractivity contribution in [3.8, 4) is 16.2 Å². The number of ether oxygens (including phenoxy) is 1. The largest absolute Gasteiger partial charge is 0.493 e. The molecule has 2 aromatic carbocycles. The molecule has 1 aromatic heterocycles. The number of β-amino-alcohol motifs (C(OH)–C–C–N with tert-alkyl or cyclic N) is 1. The monoisotopic (exact) mass is 822 g/mol.